The molecule has 5 heteroatoms. The first-order valence-corrected chi connectivity index (χ1v) is 17.4. The van der Waals surface area contributed by atoms with Gasteiger partial charge >= 0.3 is 0 Å². The zero-order chi connectivity index (χ0) is 21.9. The summed E-state index contributed by atoms with van der Waals surface area (Å²) in [5.41, 5.74) is 3.53. The normalized spacial score (nSPS) is 28.0. The summed E-state index contributed by atoms with van der Waals surface area (Å²) in [6, 6.07) is 3.30. The highest BCUT2D eigenvalue weighted by molar-refractivity contribution is 6.83. The molecule has 1 heterocycles. The van der Waals surface area contributed by atoms with Crippen LogP contribution in [0.1, 0.15) is 41.0 Å². The van der Waals surface area contributed by atoms with Gasteiger partial charge in [0, 0.05) is 12.0 Å². The first kappa shape index (κ1) is 24.2. The molecule has 3 nitrogen and oxygen atoms in total. The molecule has 0 unspecified atom stereocenters. The molecule has 29 heavy (non-hydrogen) atoms. The fourth-order valence-electron chi connectivity index (χ4n) is 4.41. The average molecular weight is 432 g/mol. The van der Waals surface area contributed by atoms with Crippen molar-refractivity contribution < 1.29 is 9.22 Å². The summed E-state index contributed by atoms with van der Waals surface area (Å²) in [5.74, 6) is 3.63. The molecule has 2 aliphatic rings. The van der Waals surface area contributed by atoms with Crippen LogP contribution in [0.2, 0.25) is 37.8 Å². The topological polar surface area (TPSA) is 29.5 Å². The van der Waals surface area contributed by atoms with Crippen molar-refractivity contribution in [2.24, 2.45) is 11.3 Å². The molecule has 162 valence electrons. The third-order valence-corrected chi connectivity index (χ3v) is 12.2. The van der Waals surface area contributed by atoms with E-state index in [0.29, 0.717) is 0 Å². The zero-order valence-corrected chi connectivity index (χ0v) is 21.8. The van der Waals surface area contributed by atoms with Gasteiger partial charge < -0.3 is 9.33 Å². The number of carbonyl (C=O) groups excluding carboxylic acids is 1. The minimum atomic E-state index is -1.75. The van der Waals surface area contributed by atoms with Crippen molar-refractivity contribution >= 4 is 22.3 Å². The van der Waals surface area contributed by atoms with Crippen LogP contribution in [-0.2, 0) is 9.22 Å². The van der Waals surface area contributed by atoms with E-state index in [0.717, 1.165) is 31.1 Å². The van der Waals surface area contributed by atoms with Crippen LogP contribution in [0.15, 0.2) is 24.3 Å². The monoisotopic (exact) mass is 431 g/mol. The van der Waals surface area contributed by atoms with E-state index < -0.39 is 16.4 Å². The van der Waals surface area contributed by atoms with Crippen LogP contribution in [0, 0.1) is 22.8 Å². The standard InChI is InChI=1S/C24H41NO2Si2/c1-9-29(10-2,11-3)27-20(4)22-21(15-18-28(6,7)8)25(23(22)26)19-24(5)16-13-12-14-17-24/h12-14,16,20-22H,9-11,17,19H2,1-8H3/t20-,21-,22+,24-/m1/s1. The highest BCUT2D eigenvalue weighted by Gasteiger charge is 2.52. The number of allylic oxidation sites excluding steroid dienone is 3. The third kappa shape index (κ3) is 5.74. The maximum atomic E-state index is 13.3. The lowest BCUT2D eigenvalue weighted by molar-refractivity contribution is -0.160. The molecule has 1 aliphatic carbocycles. The third-order valence-electron chi connectivity index (χ3n) is 6.58. The van der Waals surface area contributed by atoms with Gasteiger partial charge in [-0.15, -0.1) is 5.54 Å². The fourth-order valence-corrected chi connectivity index (χ4v) is 7.93. The maximum absolute atomic E-state index is 13.3. The Morgan fingerprint density at radius 2 is 1.83 bits per heavy atom. The molecule has 0 N–H and O–H groups in total. The van der Waals surface area contributed by atoms with Crippen LogP contribution in [0.4, 0.5) is 0 Å². The zero-order valence-electron chi connectivity index (χ0n) is 19.8. The van der Waals surface area contributed by atoms with Crippen molar-refractivity contribution in [3.8, 4) is 11.5 Å². The molecule has 1 aliphatic heterocycles. The molecule has 2 rings (SSSR count). The molecule has 0 bridgehead atoms. The van der Waals surface area contributed by atoms with Gasteiger partial charge in [-0.3, -0.25) is 4.79 Å². The van der Waals surface area contributed by atoms with Gasteiger partial charge in [0.2, 0.25) is 5.91 Å². The van der Waals surface area contributed by atoms with Crippen LogP contribution < -0.4 is 0 Å². The Kier molecular flexibility index (Phi) is 7.81. The fraction of sp³-hybridized carbons (Fsp3) is 0.708. The summed E-state index contributed by atoms with van der Waals surface area (Å²) in [5, 5.41) is 0. The highest BCUT2D eigenvalue weighted by atomic mass is 28.4. The Labute approximate surface area is 181 Å². The van der Waals surface area contributed by atoms with Crippen LogP contribution in [0.25, 0.3) is 0 Å². The van der Waals surface area contributed by atoms with Gasteiger partial charge in [-0.2, -0.15) is 0 Å². The lowest BCUT2D eigenvalue weighted by atomic mass is 9.78. The van der Waals surface area contributed by atoms with Gasteiger partial charge in [-0.05, 0) is 31.5 Å². The summed E-state index contributed by atoms with van der Waals surface area (Å²) in [7, 11) is -3.27. The number of β-lactam (4-membered cyclic amide) rings is 1. The molecule has 0 aromatic heterocycles. The smallest absolute Gasteiger partial charge is 0.232 e. The molecular formula is C24H41NO2Si2. The predicted octanol–water partition coefficient (Wildman–Crippen LogP) is 5.63. The van der Waals surface area contributed by atoms with Crippen LogP contribution in [-0.4, -0.2) is 45.9 Å². The van der Waals surface area contributed by atoms with E-state index in [9.17, 15) is 4.79 Å². The lowest BCUT2D eigenvalue weighted by Crippen LogP contribution is -2.66. The van der Waals surface area contributed by atoms with Gasteiger partial charge in [0.25, 0.3) is 0 Å². The number of nitrogens with zero attached hydrogens (tertiary/aromatic N) is 1. The number of amides is 1. The second-order valence-electron chi connectivity index (χ2n) is 10.2. The molecule has 1 amide bonds. The van der Waals surface area contributed by atoms with Crippen molar-refractivity contribution in [3.05, 3.63) is 24.3 Å². The quantitative estimate of drug-likeness (QED) is 0.283. The summed E-state index contributed by atoms with van der Waals surface area (Å²) >= 11 is 0. The number of hydrogen-bond donors (Lipinski definition) is 0. The summed E-state index contributed by atoms with van der Waals surface area (Å²) in [6.45, 7) is 18.6. The molecule has 0 saturated carbocycles. The maximum Gasteiger partial charge on any atom is 0.232 e. The minimum absolute atomic E-state index is 0.00662. The Morgan fingerprint density at radius 1 is 1.21 bits per heavy atom. The number of hydrogen-bond acceptors (Lipinski definition) is 2. The Balaban J connectivity index is 2.24. The van der Waals surface area contributed by atoms with Crippen molar-refractivity contribution in [2.45, 2.75) is 91.0 Å². The van der Waals surface area contributed by atoms with Gasteiger partial charge in [0.1, 0.15) is 14.1 Å². The minimum Gasteiger partial charge on any atom is -0.413 e. The van der Waals surface area contributed by atoms with E-state index in [4.69, 9.17) is 4.43 Å². The first-order valence-electron chi connectivity index (χ1n) is 11.3. The molecule has 0 radical (unpaired) electrons. The van der Waals surface area contributed by atoms with E-state index in [-0.39, 0.29) is 29.4 Å². The Morgan fingerprint density at radius 3 is 2.31 bits per heavy atom. The second kappa shape index (κ2) is 9.37. The number of likely N-dealkylation sites (tertiary alicyclic amines) is 1. The summed E-state index contributed by atoms with van der Waals surface area (Å²) in [4.78, 5) is 15.3. The summed E-state index contributed by atoms with van der Waals surface area (Å²) in [6.07, 6.45) is 9.53. The van der Waals surface area contributed by atoms with Crippen LogP contribution in [0.3, 0.4) is 0 Å². The second-order valence-corrected chi connectivity index (χ2v) is 19.6. The lowest BCUT2D eigenvalue weighted by Gasteiger charge is -2.51. The molecule has 0 spiro atoms. The Bertz CT molecular complexity index is 700. The molecular weight excluding hydrogens is 390 g/mol. The largest absolute Gasteiger partial charge is 0.413 e. The number of carbonyl (C=O) groups is 1. The van der Waals surface area contributed by atoms with Crippen LogP contribution >= 0.6 is 0 Å². The molecule has 4 atom stereocenters. The van der Waals surface area contributed by atoms with E-state index in [1.807, 2.05) is 4.90 Å². The van der Waals surface area contributed by atoms with Crippen molar-refractivity contribution in [3.63, 3.8) is 0 Å². The summed E-state index contributed by atoms with van der Waals surface area (Å²) < 4.78 is 6.70. The van der Waals surface area contributed by atoms with Gasteiger partial charge in [0.05, 0.1) is 12.0 Å². The molecule has 0 aromatic rings. The van der Waals surface area contributed by atoms with Crippen LogP contribution in [0.5, 0.6) is 0 Å². The average Bonchev–Trinajstić information content (AvgIpc) is 2.67. The highest BCUT2D eigenvalue weighted by Crippen LogP contribution is 2.38. The van der Waals surface area contributed by atoms with Gasteiger partial charge in [-0.25, -0.2) is 0 Å². The molecule has 1 fully saturated rings. The van der Waals surface area contributed by atoms with E-state index in [1.165, 1.54) is 0 Å². The predicted molar refractivity (Wildman–Crippen MR) is 129 cm³/mol. The van der Waals surface area contributed by atoms with E-state index in [2.05, 4.69) is 90.0 Å². The van der Waals surface area contributed by atoms with Gasteiger partial charge in [0.15, 0.2) is 8.32 Å². The van der Waals surface area contributed by atoms with Crippen molar-refractivity contribution in [1.82, 2.24) is 4.90 Å². The Hall–Kier alpha value is -1.10. The first-order chi connectivity index (χ1) is 13.5. The molecule has 0 aromatic carbocycles. The van der Waals surface area contributed by atoms with Crippen molar-refractivity contribution in [2.75, 3.05) is 6.54 Å². The molecule has 1 saturated heterocycles. The van der Waals surface area contributed by atoms with E-state index >= 15 is 0 Å². The SMILES string of the molecule is CC[Si](CC)(CC)O[C@H](C)[C@@H]1C(=O)N(C[C@]2(C)C=CC=CC2)[C@@H]1C#C[Si](C)(C)C. The van der Waals surface area contributed by atoms with E-state index in [1.54, 1.807) is 0 Å². The van der Waals surface area contributed by atoms with Gasteiger partial charge in [-0.1, -0.05) is 77.6 Å². The van der Waals surface area contributed by atoms with Crippen molar-refractivity contribution in [1.29, 1.82) is 0 Å². The number of rotatable bonds is 8.